The Bertz CT molecular complexity index is 945. The van der Waals surface area contributed by atoms with Crippen LogP contribution in [0, 0.1) is 5.41 Å². The summed E-state index contributed by atoms with van der Waals surface area (Å²) in [4.78, 5) is 7.08. The van der Waals surface area contributed by atoms with Crippen LogP contribution in [0.25, 0.3) is 0 Å². The van der Waals surface area contributed by atoms with Crippen molar-refractivity contribution in [3.8, 4) is 0 Å². The van der Waals surface area contributed by atoms with Crippen molar-refractivity contribution in [3.05, 3.63) is 29.5 Å². The van der Waals surface area contributed by atoms with Gasteiger partial charge in [-0.3, -0.25) is 5.10 Å². The number of morpholine rings is 1. The molecule has 2 aliphatic heterocycles. The van der Waals surface area contributed by atoms with Gasteiger partial charge in [0.15, 0.2) is 0 Å². The zero-order chi connectivity index (χ0) is 21.5. The molecule has 1 aliphatic carbocycles. The average Bonchev–Trinajstić information content (AvgIpc) is 3.25. The molecule has 2 saturated heterocycles. The maximum Gasteiger partial charge on any atom is 0.143 e. The number of rotatable bonds is 5. The first-order valence-electron chi connectivity index (χ1n) is 11.1. The summed E-state index contributed by atoms with van der Waals surface area (Å²) in [6, 6.07) is 3.95. The highest BCUT2D eigenvalue weighted by atomic mass is 16.5. The maximum atomic E-state index is 11.9. The molecule has 9 heteroatoms. The molecule has 9 nitrogen and oxygen atoms in total. The van der Waals surface area contributed by atoms with E-state index in [0.717, 1.165) is 37.2 Å². The maximum absolute atomic E-state index is 11.9. The fraction of sp³-hybridized carbons (Fsp3) is 0.591. The number of nitrogens with one attached hydrogen (secondary N) is 3. The van der Waals surface area contributed by atoms with Crippen LogP contribution >= 0.6 is 0 Å². The number of hydrogen-bond acceptors (Lipinski definition) is 8. The van der Waals surface area contributed by atoms with Gasteiger partial charge in [-0.2, -0.15) is 5.10 Å². The van der Waals surface area contributed by atoms with Crippen molar-refractivity contribution in [2.45, 2.75) is 56.3 Å². The summed E-state index contributed by atoms with van der Waals surface area (Å²) < 4.78 is 11.7. The number of anilines is 3. The van der Waals surface area contributed by atoms with Crippen molar-refractivity contribution in [2.24, 2.45) is 0 Å². The monoisotopic (exact) mass is 426 g/mol. The smallest absolute Gasteiger partial charge is 0.143 e. The van der Waals surface area contributed by atoms with Gasteiger partial charge < -0.3 is 30.2 Å². The van der Waals surface area contributed by atoms with Crippen LogP contribution in [-0.4, -0.2) is 64.5 Å². The zero-order valence-electron chi connectivity index (χ0n) is 17.9. The normalized spacial score (nSPS) is 27.7. The van der Waals surface area contributed by atoms with Gasteiger partial charge in [0.05, 0.1) is 43.3 Å². The van der Waals surface area contributed by atoms with Crippen molar-refractivity contribution >= 4 is 23.7 Å². The number of hydrogen-bond donors (Lipinski definition) is 4. The van der Waals surface area contributed by atoms with Crippen LogP contribution in [0.4, 0.5) is 17.5 Å². The van der Waals surface area contributed by atoms with Crippen LogP contribution in [0.5, 0.6) is 0 Å². The molecule has 1 saturated carbocycles. The Balaban J connectivity index is 1.61. The third-order valence-corrected chi connectivity index (χ3v) is 6.91. The summed E-state index contributed by atoms with van der Waals surface area (Å²) in [6.45, 7) is 4.63. The largest absolute Gasteiger partial charge is 0.385 e. The highest BCUT2D eigenvalue weighted by Gasteiger charge is 2.50. The van der Waals surface area contributed by atoms with Gasteiger partial charge in [-0.05, 0) is 37.8 Å². The van der Waals surface area contributed by atoms with Crippen LogP contribution in [-0.2, 0) is 15.1 Å². The summed E-state index contributed by atoms with van der Waals surface area (Å²) in [6.07, 6.45) is 7.09. The molecule has 166 valence electrons. The number of pyridine rings is 1. The van der Waals surface area contributed by atoms with E-state index in [1.165, 1.54) is 6.21 Å². The summed E-state index contributed by atoms with van der Waals surface area (Å²) in [5, 5.41) is 30.2. The topological polar surface area (TPSA) is 119 Å². The molecule has 3 fully saturated rings. The molecule has 2 aromatic rings. The molecular weight excluding hydrogens is 396 g/mol. The molecule has 31 heavy (non-hydrogen) atoms. The SMILES string of the molecule is CC1COCCN1c1cc(C2(O)CCOC3(CCC3)C2)c(C=N)c(Nc2ccn[nH]2)n1. The number of H-pyrrole nitrogens is 1. The minimum Gasteiger partial charge on any atom is -0.385 e. The Hall–Kier alpha value is -2.49. The first-order chi connectivity index (χ1) is 15.0. The van der Waals surface area contributed by atoms with Gasteiger partial charge in [0.2, 0.25) is 0 Å². The molecule has 0 radical (unpaired) electrons. The lowest BCUT2D eigenvalue weighted by atomic mass is 9.68. The Labute approximate surface area is 181 Å². The molecule has 4 N–H and O–H groups in total. The van der Waals surface area contributed by atoms with Crippen LogP contribution in [0.2, 0.25) is 0 Å². The highest BCUT2D eigenvalue weighted by Crippen LogP contribution is 2.50. The van der Waals surface area contributed by atoms with E-state index in [1.807, 2.05) is 12.1 Å². The Kier molecular flexibility index (Phi) is 5.19. The van der Waals surface area contributed by atoms with Gasteiger partial charge in [-0.1, -0.05) is 0 Å². The van der Waals surface area contributed by atoms with Gasteiger partial charge in [0.25, 0.3) is 0 Å². The number of aromatic amines is 1. The molecule has 2 unspecified atom stereocenters. The second-order valence-corrected chi connectivity index (χ2v) is 8.99. The predicted octanol–water partition coefficient (Wildman–Crippen LogP) is 2.69. The second-order valence-electron chi connectivity index (χ2n) is 8.99. The van der Waals surface area contributed by atoms with E-state index in [0.29, 0.717) is 49.9 Å². The van der Waals surface area contributed by atoms with E-state index < -0.39 is 5.60 Å². The number of ether oxygens (including phenoxy) is 2. The lowest BCUT2D eigenvalue weighted by Crippen LogP contribution is -2.52. The van der Waals surface area contributed by atoms with Crippen LogP contribution < -0.4 is 10.2 Å². The van der Waals surface area contributed by atoms with E-state index in [1.54, 1.807) is 6.20 Å². The molecule has 2 atom stereocenters. The van der Waals surface area contributed by atoms with E-state index in [4.69, 9.17) is 19.9 Å². The number of aromatic nitrogens is 3. The Morgan fingerprint density at radius 2 is 2.23 bits per heavy atom. The predicted molar refractivity (Wildman–Crippen MR) is 117 cm³/mol. The molecule has 5 rings (SSSR count). The second kappa shape index (κ2) is 7.89. The Morgan fingerprint density at radius 3 is 2.90 bits per heavy atom. The van der Waals surface area contributed by atoms with E-state index in [2.05, 4.69) is 27.3 Å². The zero-order valence-corrected chi connectivity index (χ0v) is 17.9. The van der Waals surface area contributed by atoms with Crippen molar-refractivity contribution in [3.63, 3.8) is 0 Å². The molecule has 0 aromatic carbocycles. The highest BCUT2D eigenvalue weighted by molar-refractivity contribution is 5.89. The van der Waals surface area contributed by atoms with Crippen LogP contribution in [0.1, 0.15) is 50.2 Å². The van der Waals surface area contributed by atoms with Crippen molar-refractivity contribution in [1.29, 1.82) is 5.41 Å². The van der Waals surface area contributed by atoms with E-state index in [-0.39, 0.29) is 11.6 Å². The number of aliphatic hydroxyl groups is 1. The van der Waals surface area contributed by atoms with Gasteiger partial charge in [0.1, 0.15) is 17.5 Å². The summed E-state index contributed by atoms with van der Waals surface area (Å²) >= 11 is 0. The van der Waals surface area contributed by atoms with E-state index in [9.17, 15) is 5.11 Å². The molecule has 3 aliphatic rings. The molecule has 4 heterocycles. The minimum absolute atomic E-state index is 0.169. The van der Waals surface area contributed by atoms with Gasteiger partial charge in [-0.25, -0.2) is 4.98 Å². The Morgan fingerprint density at radius 1 is 1.35 bits per heavy atom. The van der Waals surface area contributed by atoms with Crippen molar-refractivity contribution < 1.29 is 14.6 Å². The molecular formula is C22H30N6O3. The standard InChI is InChI=1S/C22H30N6O3/c1-15-13-30-10-8-28(15)19-11-17(22(29)6-9-31-21(14-22)4-2-5-21)16(12-23)20(26-19)25-18-3-7-24-27-18/h3,7,11-12,15,23,29H,2,4-6,8-10,13-14H2,1H3,(H2,24,25,26,27). The number of nitrogens with zero attached hydrogens (tertiary/aromatic N) is 3. The fourth-order valence-corrected chi connectivity index (χ4v) is 5.07. The third kappa shape index (κ3) is 3.71. The summed E-state index contributed by atoms with van der Waals surface area (Å²) in [5.41, 5.74) is 0.0307. The van der Waals surface area contributed by atoms with Gasteiger partial charge in [-0.15, -0.1) is 0 Å². The molecule has 1 spiro atoms. The summed E-state index contributed by atoms with van der Waals surface area (Å²) in [7, 11) is 0. The van der Waals surface area contributed by atoms with Crippen LogP contribution in [0.3, 0.4) is 0 Å². The first kappa shape index (κ1) is 20.4. The molecule has 0 amide bonds. The lowest BCUT2D eigenvalue weighted by molar-refractivity contribution is -0.195. The fourth-order valence-electron chi connectivity index (χ4n) is 5.07. The minimum atomic E-state index is -1.07. The third-order valence-electron chi connectivity index (χ3n) is 6.91. The lowest BCUT2D eigenvalue weighted by Gasteiger charge is -2.51. The van der Waals surface area contributed by atoms with Crippen LogP contribution in [0.15, 0.2) is 18.3 Å². The average molecular weight is 427 g/mol. The quantitative estimate of drug-likeness (QED) is 0.543. The van der Waals surface area contributed by atoms with E-state index >= 15 is 0 Å². The molecule has 0 bridgehead atoms. The molecule has 2 aromatic heterocycles. The van der Waals surface area contributed by atoms with Crippen molar-refractivity contribution in [2.75, 3.05) is 36.6 Å². The van der Waals surface area contributed by atoms with Gasteiger partial charge in [0, 0.05) is 37.2 Å². The summed E-state index contributed by atoms with van der Waals surface area (Å²) in [5.74, 6) is 2.00. The van der Waals surface area contributed by atoms with Gasteiger partial charge >= 0.3 is 0 Å². The van der Waals surface area contributed by atoms with Crippen molar-refractivity contribution in [1.82, 2.24) is 15.2 Å². The first-order valence-corrected chi connectivity index (χ1v) is 11.1.